The summed E-state index contributed by atoms with van der Waals surface area (Å²) in [5.41, 5.74) is 0. The SMILES string of the molecule is O=CC1C2CCOC2OC1(O)O. The number of ether oxygens (including phenoxy) is 2. The number of hydrogen-bond donors (Lipinski definition) is 2. The van der Waals surface area contributed by atoms with Crippen LogP contribution < -0.4 is 0 Å². The van der Waals surface area contributed by atoms with Crippen LogP contribution in [-0.2, 0) is 14.3 Å². The van der Waals surface area contributed by atoms with Crippen molar-refractivity contribution in [3.8, 4) is 0 Å². The molecule has 5 nitrogen and oxygen atoms in total. The van der Waals surface area contributed by atoms with Gasteiger partial charge in [0.15, 0.2) is 6.29 Å². The van der Waals surface area contributed by atoms with E-state index in [2.05, 4.69) is 0 Å². The van der Waals surface area contributed by atoms with Gasteiger partial charge in [0.2, 0.25) is 0 Å². The maximum atomic E-state index is 10.5. The number of carbonyl (C=O) groups is 1. The van der Waals surface area contributed by atoms with E-state index in [0.29, 0.717) is 19.3 Å². The predicted octanol–water partition coefficient (Wildman–Crippen LogP) is -1.17. The van der Waals surface area contributed by atoms with Crippen molar-refractivity contribution in [1.82, 2.24) is 0 Å². The molecule has 2 N–H and O–H groups in total. The highest BCUT2D eigenvalue weighted by atomic mass is 16.8. The monoisotopic (exact) mass is 174 g/mol. The Hall–Kier alpha value is -0.490. The minimum atomic E-state index is -2.34. The lowest BCUT2D eigenvalue weighted by Crippen LogP contribution is -2.37. The van der Waals surface area contributed by atoms with Crippen LogP contribution in [0.4, 0.5) is 0 Å². The molecule has 0 saturated carbocycles. The quantitative estimate of drug-likeness (QED) is 0.387. The highest BCUT2D eigenvalue weighted by molar-refractivity contribution is 5.56. The second kappa shape index (κ2) is 2.50. The molecular formula is C7H10O5. The summed E-state index contributed by atoms with van der Waals surface area (Å²) in [5, 5.41) is 18.4. The molecule has 0 amide bonds. The largest absolute Gasteiger partial charge is 0.352 e. The summed E-state index contributed by atoms with van der Waals surface area (Å²) in [4.78, 5) is 10.5. The number of aliphatic hydroxyl groups is 2. The summed E-state index contributed by atoms with van der Waals surface area (Å²) in [5.74, 6) is -3.43. The summed E-state index contributed by atoms with van der Waals surface area (Å²) in [7, 11) is 0. The molecule has 68 valence electrons. The van der Waals surface area contributed by atoms with Crippen molar-refractivity contribution in [2.75, 3.05) is 6.61 Å². The van der Waals surface area contributed by atoms with Crippen molar-refractivity contribution in [1.29, 1.82) is 0 Å². The first-order valence-corrected chi connectivity index (χ1v) is 3.84. The van der Waals surface area contributed by atoms with Crippen LogP contribution in [0.2, 0.25) is 0 Å². The number of hydrogen-bond acceptors (Lipinski definition) is 5. The Balaban J connectivity index is 2.21. The number of rotatable bonds is 1. The van der Waals surface area contributed by atoms with Crippen molar-refractivity contribution < 1.29 is 24.5 Å². The summed E-state index contributed by atoms with van der Waals surface area (Å²) < 4.78 is 9.78. The van der Waals surface area contributed by atoms with Gasteiger partial charge in [0.1, 0.15) is 12.2 Å². The zero-order valence-electron chi connectivity index (χ0n) is 6.34. The Bertz CT molecular complexity index is 202. The van der Waals surface area contributed by atoms with Crippen LogP contribution in [0.5, 0.6) is 0 Å². The van der Waals surface area contributed by atoms with E-state index in [1.54, 1.807) is 0 Å². The fourth-order valence-corrected chi connectivity index (χ4v) is 1.77. The van der Waals surface area contributed by atoms with Crippen molar-refractivity contribution in [3.63, 3.8) is 0 Å². The van der Waals surface area contributed by atoms with Gasteiger partial charge in [-0.3, -0.25) is 4.74 Å². The van der Waals surface area contributed by atoms with Crippen LogP contribution in [0.1, 0.15) is 6.42 Å². The molecule has 0 aromatic rings. The fourth-order valence-electron chi connectivity index (χ4n) is 1.77. The first kappa shape index (κ1) is 8.12. The van der Waals surface area contributed by atoms with Gasteiger partial charge >= 0.3 is 0 Å². The minimum Gasteiger partial charge on any atom is -0.352 e. The zero-order valence-corrected chi connectivity index (χ0v) is 6.34. The lowest BCUT2D eigenvalue weighted by Gasteiger charge is -2.19. The second-order valence-corrected chi connectivity index (χ2v) is 3.13. The predicted molar refractivity (Wildman–Crippen MR) is 35.7 cm³/mol. The van der Waals surface area contributed by atoms with Crippen LogP contribution in [0, 0.1) is 11.8 Å². The maximum absolute atomic E-state index is 10.5. The van der Waals surface area contributed by atoms with Crippen LogP contribution >= 0.6 is 0 Å². The maximum Gasteiger partial charge on any atom is 0.290 e. The average molecular weight is 174 g/mol. The van der Waals surface area contributed by atoms with Gasteiger partial charge in [-0.1, -0.05) is 0 Å². The molecule has 2 aliphatic rings. The summed E-state index contributed by atoms with van der Waals surface area (Å²) >= 11 is 0. The first-order valence-electron chi connectivity index (χ1n) is 3.84. The third-order valence-corrected chi connectivity index (χ3v) is 2.41. The van der Waals surface area contributed by atoms with Crippen molar-refractivity contribution in [3.05, 3.63) is 0 Å². The van der Waals surface area contributed by atoms with Gasteiger partial charge in [-0.05, 0) is 6.42 Å². The van der Waals surface area contributed by atoms with E-state index in [0.717, 1.165) is 0 Å². The zero-order chi connectivity index (χ0) is 8.77. The van der Waals surface area contributed by atoms with Gasteiger partial charge in [0, 0.05) is 5.92 Å². The molecule has 3 atom stereocenters. The van der Waals surface area contributed by atoms with Gasteiger partial charge in [-0.2, -0.15) is 0 Å². The Morgan fingerprint density at radius 3 is 2.92 bits per heavy atom. The van der Waals surface area contributed by atoms with Crippen molar-refractivity contribution in [2.24, 2.45) is 11.8 Å². The lowest BCUT2D eigenvalue weighted by molar-refractivity contribution is -0.360. The van der Waals surface area contributed by atoms with E-state index >= 15 is 0 Å². The Kier molecular flexibility index (Phi) is 1.69. The molecule has 0 aromatic heterocycles. The van der Waals surface area contributed by atoms with Crippen LogP contribution in [0.25, 0.3) is 0 Å². The Morgan fingerprint density at radius 2 is 2.25 bits per heavy atom. The van der Waals surface area contributed by atoms with E-state index in [4.69, 9.17) is 9.47 Å². The van der Waals surface area contributed by atoms with Crippen LogP contribution in [-0.4, -0.2) is 35.4 Å². The molecule has 5 heteroatoms. The third kappa shape index (κ3) is 0.980. The summed E-state index contributed by atoms with van der Waals surface area (Å²) in [6.45, 7) is 0.510. The van der Waals surface area contributed by atoms with E-state index in [-0.39, 0.29) is 5.92 Å². The van der Waals surface area contributed by atoms with Gasteiger partial charge in [0.05, 0.1) is 6.61 Å². The van der Waals surface area contributed by atoms with E-state index in [9.17, 15) is 15.0 Å². The molecular weight excluding hydrogens is 164 g/mol. The molecule has 12 heavy (non-hydrogen) atoms. The van der Waals surface area contributed by atoms with Crippen LogP contribution in [0.15, 0.2) is 0 Å². The highest BCUT2D eigenvalue weighted by Crippen LogP contribution is 2.42. The second-order valence-electron chi connectivity index (χ2n) is 3.13. The molecule has 2 saturated heterocycles. The number of fused-ring (bicyclic) bond motifs is 1. The van der Waals surface area contributed by atoms with Gasteiger partial charge < -0.3 is 19.7 Å². The fraction of sp³-hybridized carbons (Fsp3) is 0.857. The van der Waals surface area contributed by atoms with Crippen molar-refractivity contribution in [2.45, 2.75) is 18.7 Å². The molecule has 2 heterocycles. The molecule has 0 aliphatic carbocycles. The molecule has 2 rings (SSSR count). The number of aldehydes is 1. The van der Waals surface area contributed by atoms with Gasteiger partial charge in [-0.25, -0.2) is 0 Å². The summed E-state index contributed by atoms with van der Waals surface area (Å²) in [6, 6.07) is 0. The average Bonchev–Trinajstić information content (AvgIpc) is 2.43. The minimum absolute atomic E-state index is 0.211. The molecule has 0 aromatic carbocycles. The Labute approximate surface area is 68.9 Å². The molecule has 3 unspecified atom stereocenters. The smallest absolute Gasteiger partial charge is 0.290 e. The third-order valence-electron chi connectivity index (χ3n) is 2.41. The molecule has 0 radical (unpaired) electrons. The normalized spacial score (nSPS) is 44.3. The molecule has 2 aliphatic heterocycles. The van der Waals surface area contributed by atoms with E-state index in [1.807, 2.05) is 0 Å². The Morgan fingerprint density at radius 1 is 1.50 bits per heavy atom. The van der Waals surface area contributed by atoms with Crippen molar-refractivity contribution >= 4 is 6.29 Å². The molecule has 2 fully saturated rings. The molecule has 0 spiro atoms. The van der Waals surface area contributed by atoms with E-state index in [1.165, 1.54) is 0 Å². The van der Waals surface area contributed by atoms with Gasteiger partial charge in [-0.15, -0.1) is 0 Å². The first-order chi connectivity index (χ1) is 5.65. The van der Waals surface area contributed by atoms with E-state index < -0.39 is 18.2 Å². The summed E-state index contributed by atoms with van der Waals surface area (Å²) in [6.07, 6.45) is 0.520. The molecule has 0 bridgehead atoms. The van der Waals surface area contributed by atoms with Crippen LogP contribution in [0.3, 0.4) is 0 Å². The number of carbonyl (C=O) groups excluding carboxylic acids is 1. The lowest BCUT2D eigenvalue weighted by atomic mass is 9.92. The standard InChI is InChI=1S/C7H10O5/c8-3-5-4-1-2-11-6(4)12-7(5,9)10/h3-6,9-10H,1-2H2. The topological polar surface area (TPSA) is 76.0 Å². The van der Waals surface area contributed by atoms with Gasteiger partial charge in [0.25, 0.3) is 5.97 Å². The highest BCUT2D eigenvalue weighted by Gasteiger charge is 2.56.